The minimum atomic E-state index is -1.74. The van der Waals surface area contributed by atoms with Crippen LogP contribution in [0.2, 0.25) is 0 Å². The zero-order valence-electron chi connectivity index (χ0n) is 35.2. The number of hydrogen-bond donors (Lipinski definition) is 10. The third-order valence-corrected chi connectivity index (χ3v) is 12.3. The van der Waals surface area contributed by atoms with E-state index in [-0.39, 0.29) is 76.4 Å². The molecule has 20 nitrogen and oxygen atoms in total. The number of fused-ring (bicyclic) bond motifs is 2. The molecule has 0 aliphatic carbocycles. The number of anilines is 2. The first-order chi connectivity index (χ1) is 29.6. The molecule has 0 aromatic carbocycles. The molecule has 0 spiro atoms. The van der Waals surface area contributed by atoms with E-state index in [1.165, 1.54) is 17.4 Å². The maximum Gasteiger partial charge on any atom is 0.329 e. The Morgan fingerprint density at radius 2 is 1.24 bits per heavy atom. The summed E-state index contributed by atoms with van der Waals surface area (Å²) in [7, 11) is 0. The molecule has 6 rings (SSSR count). The van der Waals surface area contributed by atoms with Gasteiger partial charge < -0.3 is 62.1 Å². The van der Waals surface area contributed by atoms with Gasteiger partial charge in [0.05, 0.1) is 11.2 Å². The highest BCUT2D eigenvalue weighted by atomic mass is 16.4. The fraction of sp³-hybridized carbons (Fsp3) is 0.619. The Morgan fingerprint density at radius 1 is 0.742 bits per heavy atom. The van der Waals surface area contributed by atoms with Gasteiger partial charge in [-0.3, -0.25) is 9.59 Å². The van der Waals surface area contributed by atoms with E-state index >= 15 is 0 Å². The molecule has 62 heavy (non-hydrogen) atoms. The van der Waals surface area contributed by atoms with E-state index in [9.17, 15) is 49.2 Å². The van der Waals surface area contributed by atoms with Crippen LogP contribution in [0.25, 0.3) is 0 Å². The summed E-state index contributed by atoms with van der Waals surface area (Å²) in [6, 6.07) is 4.01. The number of urea groups is 2. The first-order valence-corrected chi connectivity index (χ1v) is 21.6. The standard InChI is InChI=1S/C42H60N10O10/c1-26(53)46-33(37(55)56)41(61)14-21-51(22-15-41)39(59)45-20-4-7-30-12-9-28-10-13-31(49-36(28)48-30)25-32(54)50-34(38(57)58)42(62)16-23-52(24-17-42)40(60)44-19-3-6-29-11-8-27-5-2-18-43-35(27)47-29/h8-9,11-12,31,33-34,61-62H,2-7,10,13-25H2,1H3,(H,43,47)(H,44,60)(H,45,59)(H,46,53)(H,48,49)(H,50,54)(H,55,56)(H,57,58)/t31?,33?,34-/m1/s1. The Morgan fingerprint density at radius 3 is 1.76 bits per heavy atom. The van der Waals surface area contributed by atoms with Crippen molar-refractivity contribution >= 4 is 47.5 Å². The maximum absolute atomic E-state index is 13.2. The van der Waals surface area contributed by atoms with Crippen molar-refractivity contribution in [3.63, 3.8) is 0 Å². The number of nitrogens with zero attached hydrogens (tertiary/aromatic N) is 4. The summed E-state index contributed by atoms with van der Waals surface area (Å²) in [5, 5.41) is 59.2. The molecular weight excluding hydrogens is 805 g/mol. The highest BCUT2D eigenvalue weighted by molar-refractivity contribution is 5.85. The molecule has 2 fully saturated rings. The van der Waals surface area contributed by atoms with Crippen LogP contribution in [0.4, 0.5) is 21.2 Å². The van der Waals surface area contributed by atoms with Gasteiger partial charge >= 0.3 is 24.0 Å². The van der Waals surface area contributed by atoms with Crippen LogP contribution in [0.15, 0.2) is 24.3 Å². The van der Waals surface area contributed by atoms with Gasteiger partial charge in [-0.05, 0) is 100 Å². The van der Waals surface area contributed by atoms with Crippen LogP contribution >= 0.6 is 0 Å². The number of rotatable bonds is 16. The molecule has 0 bridgehead atoms. The molecule has 2 saturated heterocycles. The van der Waals surface area contributed by atoms with Crippen LogP contribution in [0.1, 0.15) is 87.2 Å². The quantitative estimate of drug-likeness (QED) is 0.104. The molecule has 338 valence electrons. The van der Waals surface area contributed by atoms with E-state index in [4.69, 9.17) is 9.97 Å². The van der Waals surface area contributed by atoms with E-state index in [1.807, 2.05) is 18.2 Å². The Kier molecular flexibility index (Phi) is 15.1. The van der Waals surface area contributed by atoms with Crippen LogP contribution in [-0.4, -0.2) is 151 Å². The Labute approximate surface area is 360 Å². The zero-order valence-corrected chi connectivity index (χ0v) is 35.2. The van der Waals surface area contributed by atoms with E-state index in [1.54, 1.807) is 4.90 Å². The van der Waals surface area contributed by atoms with Gasteiger partial charge in [-0.2, -0.15) is 0 Å². The molecule has 4 aliphatic rings. The summed E-state index contributed by atoms with van der Waals surface area (Å²) in [6.45, 7) is 3.37. The number of nitrogens with one attached hydrogen (secondary N) is 6. The molecule has 6 amide bonds. The first kappa shape index (κ1) is 45.8. The minimum Gasteiger partial charge on any atom is -0.480 e. The third-order valence-electron chi connectivity index (χ3n) is 12.3. The van der Waals surface area contributed by atoms with Gasteiger partial charge in [-0.15, -0.1) is 0 Å². The number of aliphatic hydroxyl groups is 2. The monoisotopic (exact) mass is 864 g/mol. The second-order valence-electron chi connectivity index (χ2n) is 16.9. The number of likely N-dealkylation sites (tertiary alicyclic amines) is 2. The van der Waals surface area contributed by atoms with Crippen LogP contribution < -0.4 is 31.9 Å². The Hall–Kier alpha value is -5.76. The summed E-state index contributed by atoms with van der Waals surface area (Å²) < 4.78 is 0. The maximum atomic E-state index is 13.2. The van der Waals surface area contributed by atoms with E-state index < -0.39 is 47.0 Å². The summed E-state index contributed by atoms with van der Waals surface area (Å²) in [6.07, 6.45) is 5.79. The average Bonchev–Trinajstić information content (AvgIpc) is 3.24. The minimum absolute atomic E-state index is 0.00998. The number of aliphatic carboxylic acids is 2. The van der Waals surface area contributed by atoms with Crippen molar-refractivity contribution in [2.24, 2.45) is 0 Å². The molecule has 4 aliphatic heterocycles. The first-order valence-electron chi connectivity index (χ1n) is 21.6. The third kappa shape index (κ3) is 11.8. The number of carbonyl (C=O) groups is 6. The van der Waals surface area contributed by atoms with E-state index in [0.29, 0.717) is 57.4 Å². The van der Waals surface area contributed by atoms with Crippen molar-refractivity contribution in [2.75, 3.05) is 56.4 Å². The summed E-state index contributed by atoms with van der Waals surface area (Å²) in [5.74, 6) is -2.24. The lowest BCUT2D eigenvalue weighted by Crippen LogP contribution is -2.62. The lowest BCUT2D eigenvalue weighted by atomic mass is 9.84. The van der Waals surface area contributed by atoms with Gasteiger partial charge in [0.2, 0.25) is 11.8 Å². The smallest absolute Gasteiger partial charge is 0.329 e. The number of carboxylic acids is 2. The molecule has 10 N–H and O–H groups in total. The van der Waals surface area contributed by atoms with E-state index in [2.05, 4.69) is 38.0 Å². The summed E-state index contributed by atoms with van der Waals surface area (Å²) >= 11 is 0. The van der Waals surface area contributed by atoms with Gasteiger partial charge in [0, 0.05) is 76.6 Å². The van der Waals surface area contributed by atoms with Gasteiger partial charge in [0.1, 0.15) is 11.6 Å². The van der Waals surface area contributed by atoms with Crippen LogP contribution in [0.5, 0.6) is 0 Å². The highest BCUT2D eigenvalue weighted by Gasteiger charge is 2.47. The summed E-state index contributed by atoms with van der Waals surface area (Å²) in [4.78, 5) is 86.9. The van der Waals surface area contributed by atoms with Crippen molar-refractivity contribution in [3.8, 4) is 0 Å². The number of aromatic nitrogens is 2. The molecule has 0 saturated carbocycles. The second kappa shape index (κ2) is 20.4. The average molecular weight is 865 g/mol. The molecule has 20 heteroatoms. The molecule has 2 aromatic heterocycles. The largest absolute Gasteiger partial charge is 0.480 e. The fourth-order valence-electron chi connectivity index (χ4n) is 8.67. The van der Waals surface area contributed by atoms with Crippen molar-refractivity contribution < 1.29 is 49.2 Å². The number of amides is 6. The summed E-state index contributed by atoms with van der Waals surface area (Å²) in [5.41, 5.74) is 0.503. The lowest BCUT2D eigenvalue weighted by Gasteiger charge is -2.41. The predicted octanol–water partition coefficient (Wildman–Crippen LogP) is 0.749. The van der Waals surface area contributed by atoms with Gasteiger partial charge in [0.25, 0.3) is 0 Å². The Balaban J connectivity index is 0.893. The van der Waals surface area contributed by atoms with Crippen molar-refractivity contribution in [1.29, 1.82) is 0 Å². The van der Waals surface area contributed by atoms with Crippen LogP contribution in [-0.2, 0) is 44.9 Å². The SMILES string of the molecule is CC(=O)NC(C(=O)O)C1(O)CCN(C(=O)NCCCc2ccc3c(n2)NC(CC(=O)N[C@H](C(=O)O)C2(O)CCN(C(=O)NCCCc4ccc5c(n4)NCCC5)CC2)CC3)CC1. The van der Waals surface area contributed by atoms with Crippen LogP contribution in [0, 0.1) is 0 Å². The van der Waals surface area contributed by atoms with Gasteiger partial charge in [-0.1, -0.05) is 12.1 Å². The van der Waals surface area contributed by atoms with Crippen molar-refractivity contribution in [3.05, 3.63) is 46.8 Å². The molecule has 2 unspecified atom stereocenters. The zero-order chi connectivity index (χ0) is 44.4. The number of hydrogen-bond acceptors (Lipinski definition) is 12. The second-order valence-corrected chi connectivity index (χ2v) is 16.9. The molecule has 0 radical (unpaired) electrons. The number of aryl methyl sites for hydroxylation is 4. The van der Waals surface area contributed by atoms with Crippen molar-refractivity contribution in [1.82, 2.24) is 41.0 Å². The highest BCUT2D eigenvalue weighted by Crippen LogP contribution is 2.29. The molecular formula is C42H60N10O10. The Bertz CT molecular complexity index is 1970. The number of carbonyl (C=O) groups excluding carboxylic acids is 4. The lowest BCUT2D eigenvalue weighted by molar-refractivity contribution is -0.153. The fourth-order valence-corrected chi connectivity index (χ4v) is 8.67. The normalized spacial score (nSPS) is 19.8. The van der Waals surface area contributed by atoms with Gasteiger partial charge in [-0.25, -0.2) is 29.1 Å². The molecule has 2 aromatic rings. The topological polar surface area (TPSA) is 288 Å². The molecule has 6 heterocycles. The van der Waals surface area contributed by atoms with Gasteiger partial charge in [0.15, 0.2) is 12.1 Å². The number of pyridine rings is 2. The van der Waals surface area contributed by atoms with Crippen molar-refractivity contribution in [2.45, 2.75) is 120 Å². The predicted molar refractivity (Wildman–Crippen MR) is 225 cm³/mol. The van der Waals surface area contributed by atoms with Crippen LogP contribution in [0.3, 0.4) is 0 Å². The number of piperidine rings is 2. The number of carboxylic acid groups (broad SMARTS) is 2. The molecule has 3 atom stereocenters. The van der Waals surface area contributed by atoms with E-state index in [0.717, 1.165) is 42.2 Å².